The smallest absolute Gasteiger partial charge is 0.248 e. The number of sulfonamides is 1. The average Bonchev–Trinajstić information content (AvgIpc) is 2.87. The van der Waals surface area contributed by atoms with Crippen LogP contribution in [0, 0.1) is 19.7 Å². The van der Waals surface area contributed by atoms with Crippen LogP contribution in [-0.4, -0.2) is 49.0 Å². The zero-order chi connectivity index (χ0) is 17.3. The van der Waals surface area contributed by atoms with Gasteiger partial charge in [-0.2, -0.15) is 4.31 Å². The summed E-state index contributed by atoms with van der Waals surface area (Å²) in [5.41, 5.74) is 1.27. The van der Waals surface area contributed by atoms with Gasteiger partial charge in [0.15, 0.2) is 5.76 Å². The number of hydrogen-bond acceptors (Lipinski definition) is 5. The van der Waals surface area contributed by atoms with Crippen LogP contribution < -0.4 is 0 Å². The van der Waals surface area contributed by atoms with Crippen molar-refractivity contribution >= 4 is 10.0 Å². The summed E-state index contributed by atoms with van der Waals surface area (Å²) in [6, 6.07) is 6.48. The molecule has 1 aliphatic rings. The average molecular weight is 353 g/mol. The molecule has 0 spiro atoms. The van der Waals surface area contributed by atoms with Crippen LogP contribution in [0.3, 0.4) is 0 Å². The Hall–Kier alpha value is -1.77. The molecule has 6 nitrogen and oxygen atoms in total. The van der Waals surface area contributed by atoms with Gasteiger partial charge in [0, 0.05) is 32.7 Å². The summed E-state index contributed by atoms with van der Waals surface area (Å²) in [4.78, 5) is 2.29. The van der Waals surface area contributed by atoms with E-state index in [-0.39, 0.29) is 10.7 Å². The maximum absolute atomic E-state index is 13.3. The molecule has 0 unspecified atom stereocenters. The van der Waals surface area contributed by atoms with Gasteiger partial charge >= 0.3 is 0 Å². The van der Waals surface area contributed by atoms with Gasteiger partial charge in [0.2, 0.25) is 10.0 Å². The number of aryl methyl sites for hydroxylation is 2. The molecular weight excluding hydrogens is 333 g/mol. The molecule has 8 heteroatoms. The highest BCUT2D eigenvalue weighted by atomic mass is 32.2. The van der Waals surface area contributed by atoms with E-state index in [1.807, 2.05) is 6.07 Å². The second-order valence-corrected chi connectivity index (χ2v) is 7.84. The van der Waals surface area contributed by atoms with E-state index in [1.54, 1.807) is 19.9 Å². The van der Waals surface area contributed by atoms with Crippen LogP contribution >= 0.6 is 0 Å². The van der Waals surface area contributed by atoms with Crippen LogP contribution in [0.1, 0.15) is 17.0 Å². The molecule has 1 aromatic heterocycles. The number of halogens is 1. The predicted octanol–water partition coefficient (Wildman–Crippen LogP) is 1.94. The maximum Gasteiger partial charge on any atom is 0.248 e. The van der Waals surface area contributed by atoms with Crippen molar-refractivity contribution in [3.05, 3.63) is 47.1 Å². The van der Waals surface area contributed by atoms with E-state index >= 15 is 0 Å². The molecule has 130 valence electrons. The topological polar surface area (TPSA) is 66.7 Å². The fourth-order valence-corrected chi connectivity index (χ4v) is 4.71. The fraction of sp³-hybridized carbons (Fsp3) is 0.438. The third-order valence-electron chi connectivity index (χ3n) is 4.19. The van der Waals surface area contributed by atoms with Gasteiger partial charge in [0.1, 0.15) is 16.4 Å². The minimum atomic E-state index is -3.59. The van der Waals surface area contributed by atoms with Crippen LogP contribution in [-0.2, 0) is 16.6 Å². The molecule has 0 bridgehead atoms. The molecule has 0 atom stereocenters. The number of aromatic nitrogens is 1. The second kappa shape index (κ2) is 6.62. The van der Waals surface area contributed by atoms with Crippen LogP contribution in [0.5, 0.6) is 0 Å². The van der Waals surface area contributed by atoms with E-state index in [0.29, 0.717) is 44.2 Å². The SMILES string of the molecule is Cc1noc(C)c1S(=O)(=O)N1CCN(Cc2cccc(F)c2)CC1. The van der Waals surface area contributed by atoms with E-state index in [0.717, 1.165) is 5.56 Å². The summed E-state index contributed by atoms with van der Waals surface area (Å²) < 4.78 is 45.2. The summed E-state index contributed by atoms with van der Waals surface area (Å²) in [6.45, 7) is 5.81. The summed E-state index contributed by atoms with van der Waals surface area (Å²) in [6.07, 6.45) is 0. The Morgan fingerprint density at radius 2 is 1.92 bits per heavy atom. The molecule has 2 heterocycles. The first-order valence-electron chi connectivity index (χ1n) is 7.78. The highest BCUT2D eigenvalue weighted by Crippen LogP contribution is 2.24. The fourth-order valence-electron chi connectivity index (χ4n) is 2.99. The van der Waals surface area contributed by atoms with Crippen molar-refractivity contribution in [3.63, 3.8) is 0 Å². The number of hydrogen-bond donors (Lipinski definition) is 0. The molecule has 0 N–H and O–H groups in total. The minimum absolute atomic E-state index is 0.168. The predicted molar refractivity (Wildman–Crippen MR) is 86.4 cm³/mol. The van der Waals surface area contributed by atoms with Crippen molar-refractivity contribution in [2.24, 2.45) is 0 Å². The minimum Gasteiger partial charge on any atom is -0.360 e. The first kappa shape index (κ1) is 17.1. The van der Waals surface area contributed by atoms with Crippen LogP contribution in [0.2, 0.25) is 0 Å². The molecule has 0 amide bonds. The molecule has 1 saturated heterocycles. The zero-order valence-electron chi connectivity index (χ0n) is 13.7. The Labute approximate surface area is 140 Å². The summed E-state index contributed by atoms with van der Waals surface area (Å²) in [7, 11) is -3.59. The highest BCUT2D eigenvalue weighted by Gasteiger charge is 2.33. The Balaban J connectivity index is 1.67. The van der Waals surface area contributed by atoms with Crippen molar-refractivity contribution in [2.75, 3.05) is 26.2 Å². The molecule has 1 aromatic carbocycles. The Bertz CT molecular complexity index is 807. The van der Waals surface area contributed by atoms with Crippen molar-refractivity contribution in [1.29, 1.82) is 0 Å². The quantitative estimate of drug-likeness (QED) is 0.840. The van der Waals surface area contributed by atoms with Gasteiger partial charge in [0.05, 0.1) is 0 Å². The molecule has 0 aliphatic carbocycles. The van der Waals surface area contributed by atoms with Gasteiger partial charge < -0.3 is 4.52 Å². The number of rotatable bonds is 4. The molecule has 1 aliphatic heterocycles. The maximum atomic E-state index is 13.3. The van der Waals surface area contributed by atoms with Gasteiger partial charge in [-0.1, -0.05) is 17.3 Å². The van der Waals surface area contributed by atoms with E-state index in [1.165, 1.54) is 16.4 Å². The van der Waals surface area contributed by atoms with Gasteiger partial charge in [-0.25, -0.2) is 12.8 Å². The largest absolute Gasteiger partial charge is 0.360 e. The van der Waals surface area contributed by atoms with E-state index in [2.05, 4.69) is 10.1 Å². The lowest BCUT2D eigenvalue weighted by atomic mass is 10.2. The molecule has 3 rings (SSSR count). The lowest BCUT2D eigenvalue weighted by Crippen LogP contribution is -2.48. The van der Waals surface area contributed by atoms with Crippen molar-refractivity contribution in [2.45, 2.75) is 25.3 Å². The Kier molecular flexibility index (Phi) is 4.71. The zero-order valence-corrected chi connectivity index (χ0v) is 14.5. The number of piperazine rings is 1. The van der Waals surface area contributed by atoms with E-state index < -0.39 is 10.0 Å². The molecule has 2 aromatic rings. The van der Waals surface area contributed by atoms with E-state index in [9.17, 15) is 12.8 Å². The van der Waals surface area contributed by atoms with Crippen LogP contribution in [0.15, 0.2) is 33.7 Å². The third kappa shape index (κ3) is 3.35. The lowest BCUT2D eigenvalue weighted by molar-refractivity contribution is 0.181. The summed E-state index contributed by atoms with van der Waals surface area (Å²) >= 11 is 0. The first-order chi connectivity index (χ1) is 11.4. The van der Waals surface area contributed by atoms with Gasteiger partial charge in [0.25, 0.3) is 0 Å². The summed E-state index contributed by atoms with van der Waals surface area (Å²) in [5, 5.41) is 3.73. The monoisotopic (exact) mass is 353 g/mol. The lowest BCUT2D eigenvalue weighted by Gasteiger charge is -2.33. The van der Waals surface area contributed by atoms with Crippen LogP contribution in [0.4, 0.5) is 4.39 Å². The second-order valence-electron chi connectivity index (χ2n) is 5.96. The van der Waals surface area contributed by atoms with Crippen molar-refractivity contribution < 1.29 is 17.3 Å². The molecule has 0 radical (unpaired) electrons. The van der Waals surface area contributed by atoms with Gasteiger partial charge in [-0.15, -0.1) is 0 Å². The molecule has 24 heavy (non-hydrogen) atoms. The third-order valence-corrected chi connectivity index (χ3v) is 6.34. The standard InChI is InChI=1S/C16H20FN3O3S/c1-12-16(13(2)23-18-12)24(21,22)20-8-6-19(7-9-20)11-14-4-3-5-15(17)10-14/h3-5,10H,6-9,11H2,1-2H3. The van der Waals surface area contributed by atoms with Crippen LogP contribution in [0.25, 0.3) is 0 Å². The Morgan fingerprint density at radius 3 is 2.50 bits per heavy atom. The number of nitrogens with zero attached hydrogens (tertiary/aromatic N) is 3. The van der Waals surface area contributed by atoms with Crippen molar-refractivity contribution in [3.8, 4) is 0 Å². The summed E-state index contributed by atoms with van der Waals surface area (Å²) in [5.74, 6) is 0.0572. The highest BCUT2D eigenvalue weighted by molar-refractivity contribution is 7.89. The normalized spacial score (nSPS) is 17.3. The molecule has 0 saturated carbocycles. The number of benzene rings is 1. The van der Waals surface area contributed by atoms with Crippen molar-refractivity contribution in [1.82, 2.24) is 14.4 Å². The van der Waals surface area contributed by atoms with Gasteiger partial charge in [-0.3, -0.25) is 4.90 Å². The van der Waals surface area contributed by atoms with E-state index in [4.69, 9.17) is 4.52 Å². The Morgan fingerprint density at radius 1 is 1.21 bits per heavy atom. The molecule has 1 fully saturated rings. The van der Waals surface area contributed by atoms with Gasteiger partial charge in [-0.05, 0) is 31.5 Å². The first-order valence-corrected chi connectivity index (χ1v) is 9.22. The molecular formula is C16H20FN3O3S.